The van der Waals surface area contributed by atoms with Crippen molar-refractivity contribution in [3.8, 4) is 0 Å². The highest BCUT2D eigenvalue weighted by molar-refractivity contribution is 5.88. The van der Waals surface area contributed by atoms with E-state index in [1.165, 1.54) is 7.11 Å². The third-order valence-corrected chi connectivity index (χ3v) is 4.31. The second-order valence-corrected chi connectivity index (χ2v) is 5.78. The van der Waals surface area contributed by atoms with Crippen LogP contribution in [-0.2, 0) is 19.1 Å². The monoisotopic (exact) mass is 286 g/mol. The van der Waals surface area contributed by atoms with Gasteiger partial charge in [0, 0.05) is 31.4 Å². The van der Waals surface area contributed by atoms with Crippen molar-refractivity contribution in [1.29, 1.82) is 0 Å². The van der Waals surface area contributed by atoms with Crippen molar-refractivity contribution in [2.45, 2.75) is 51.7 Å². The van der Waals surface area contributed by atoms with Gasteiger partial charge in [-0.1, -0.05) is 13.8 Å². The van der Waals surface area contributed by atoms with Crippen molar-refractivity contribution < 1.29 is 19.1 Å². The summed E-state index contributed by atoms with van der Waals surface area (Å²) in [6.07, 6.45) is 1.37. The van der Waals surface area contributed by atoms with E-state index in [2.05, 4.69) is 10.1 Å². The summed E-state index contributed by atoms with van der Waals surface area (Å²) in [6.45, 7) is 6.86. The van der Waals surface area contributed by atoms with Crippen LogP contribution in [0.25, 0.3) is 0 Å². The molecule has 1 aliphatic carbocycles. The SMILES string of the molecule is CCOC1CC(N)(C(=O)NCCCC(=O)OC)C1(C)C. The minimum atomic E-state index is -0.905. The Hall–Kier alpha value is -1.14. The molecule has 1 fully saturated rings. The lowest BCUT2D eigenvalue weighted by Crippen LogP contribution is -2.75. The van der Waals surface area contributed by atoms with Gasteiger partial charge in [-0.05, 0) is 13.3 Å². The number of nitrogens with two attached hydrogens (primary N) is 1. The Morgan fingerprint density at radius 1 is 1.40 bits per heavy atom. The number of carbonyl (C=O) groups excluding carboxylic acids is 2. The summed E-state index contributed by atoms with van der Waals surface area (Å²) in [5, 5.41) is 2.80. The molecule has 0 aliphatic heterocycles. The fraction of sp³-hybridized carbons (Fsp3) is 0.857. The van der Waals surface area contributed by atoms with Gasteiger partial charge in [0.05, 0.1) is 13.2 Å². The minimum Gasteiger partial charge on any atom is -0.469 e. The van der Waals surface area contributed by atoms with E-state index in [-0.39, 0.29) is 18.0 Å². The first-order chi connectivity index (χ1) is 9.29. The van der Waals surface area contributed by atoms with E-state index in [0.717, 1.165) is 0 Å². The number of carbonyl (C=O) groups is 2. The standard InChI is InChI=1S/C14H26N2O4/c1-5-20-10-9-14(15,13(10,2)3)12(18)16-8-6-7-11(17)19-4/h10H,5-9,15H2,1-4H3,(H,16,18). The van der Waals surface area contributed by atoms with Crippen molar-refractivity contribution in [2.24, 2.45) is 11.1 Å². The molecule has 2 atom stereocenters. The first-order valence-corrected chi connectivity index (χ1v) is 7.05. The molecule has 0 aromatic rings. The average Bonchev–Trinajstić information content (AvgIpc) is 2.42. The molecule has 20 heavy (non-hydrogen) atoms. The zero-order valence-electron chi connectivity index (χ0n) is 12.8. The highest BCUT2D eigenvalue weighted by Crippen LogP contribution is 2.49. The van der Waals surface area contributed by atoms with Crippen LogP contribution in [0.2, 0.25) is 0 Å². The zero-order valence-corrected chi connectivity index (χ0v) is 12.8. The fourth-order valence-electron chi connectivity index (χ4n) is 2.52. The van der Waals surface area contributed by atoms with Gasteiger partial charge in [-0.15, -0.1) is 0 Å². The number of methoxy groups -OCH3 is 1. The van der Waals surface area contributed by atoms with Crippen molar-refractivity contribution >= 4 is 11.9 Å². The molecule has 6 nitrogen and oxygen atoms in total. The third kappa shape index (κ3) is 3.12. The number of hydrogen-bond acceptors (Lipinski definition) is 5. The van der Waals surface area contributed by atoms with E-state index in [9.17, 15) is 9.59 Å². The molecule has 1 aliphatic rings. The van der Waals surface area contributed by atoms with Crippen LogP contribution in [0.15, 0.2) is 0 Å². The average molecular weight is 286 g/mol. The number of amides is 1. The van der Waals surface area contributed by atoms with Crippen LogP contribution in [0, 0.1) is 5.41 Å². The molecule has 1 rings (SSSR count). The summed E-state index contributed by atoms with van der Waals surface area (Å²) in [7, 11) is 1.35. The van der Waals surface area contributed by atoms with Crippen molar-refractivity contribution in [3.63, 3.8) is 0 Å². The largest absolute Gasteiger partial charge is 0.469 e. The molecule has 0 aromatic heterocycles. The predicted molar refractivity (Wildman–Crippen MR) is 75.0 cm³/mol. The van der Waals surface area contributed by atoms with Crippen LogP contribution in [0.5, 0.6) is 0 Å². The smallest absolute Gasteiger partial charge is 0.305 e. The van der Waals surface area contributed by atoms with E-state index in [4.69, 9.17) is 10.5 Å². The first kappa shape index (κ1) is 16.9. The first-order valence-electron chi connectivity index (χ1n) is 7.05. The summed E-state index contributed by atoms with van der Waals surface area (Å²) >= 11 is 0. The van der Waals surface area contributed by atoms with Gasteiger partial charge < -0.3 is 20.5 Å². The quantitative estimate of drug-likeness (QED) is 0.528. The maximum Gasteiger partial charge on any atom is 0.305 e. The van der Waals surface area contributed by atoms with Crippen LogP contribution >= 0.6 is 0 Å². The van der Waals surface area contributed by atoms with Gasteiger partial charge in [-0.2, -0.15) is 0 Å². The highest BCUT2D eigenvalue weighted by atomic mass is 16.5. The second kappa shape index (κ2) is 6.54. The molecule has 6 heteroatoms. The maximum atomic E-state index is 12.2. The molecule has 0 saturated heterocycles. The lowest BCUT2D eigenvalue weighted by Gasteiger charge is -2.57. The minimum absolute atomic E-state index is 0.0123. The molecular formula is C14H26N2O4. The third-order valence-electron chi connectivity index (χ3n) is 4.31. The van der Waals surface area contributed by atoms with Gasteiger partial charge in [-0.25, -0.2) is 0 Å². The van der Waals surface area contributed by atoms with Crippen molar-refractivity contribution in [3.05, 3.63) is 0 Å². The van der Waals surface area contributed by atoms with E-state index in [1.54, 1.807) is 0 Å². The van der Waals surface area contributed by atoms with Gasteiger partial charge in [0.25, 0.3) is 0 Å². The molecule has 0 radical (unpaired) electrons. The lowest BCUT2D eigenvalue weighted by molar-refractivity contribution is -0.170. The Labute approximate surface area is 120 Å². The van der Waals surface area contributed by atoms with Gasteiger partial charge in [0.1, 0.15) is 5.54 Å². The lowest BCUT2D eigenvalue weighted by atomic mass is 9.54. The van der Waals surface area contributed by atoms with Gasteiger partial charge in [-0.3, -0.25) is 9.59 Å². The van der Waals surface area contributed by atoms with Crippen molar-refractivity contribution in [1.82, 2.24) is 5.32 Å². The topological polar surface area (TPSA) is 90.6 Å². The van der Waals surface area contributed by atoms with Gasteiger partial charge in [0.15, 0.2) is 0 Å². The molecule has 3 N–H and O–H groups in total. The number of ether oxygens (including phenoxy) is 2. The Balaban J connectivity index is 2.42. The zero-order chi connectivity index (χ0) is 15.4. The van der Waals surface area contributed by atoms with Crippen molar-refractivity contribution in [2.75, 3.05) is 20.3 Å². The summed E-state index contributed by atoms with van der Waals surface area (Å²) in [6, 6.07) is 0. The molecule has 0 aromatic carbocycles. The molecule has 0 heterocycles. The van der Waals surface area contributed by atoms with E-state index in [1.807, 2.05) is 20.8 Å². The van der Waals surface area contributed by atoms with Crippen LogP contribution in [0.1, 0.15) is 40.0 Å². The Bertz CT molecular complexity index is 370. The molecule has 0 spiro atoms. The molecule has 0 bridgehead atoms. The van der Waals surface area contributed by atoms with E-state index in [0.29, 0.717) is 32.4 Å². The maximum absolute atomic E-state index is 12.2. The van der Waals surface area contributed by atoms with Crippen LogP contribution in [0.4, 0.5) is 0 Å². The molecular weight excluding hydrogens is 260 g/mol. The second-order valence-electron chi connectivity index (χ2n) is 5.78. The summed E-state index contributed by atoms with van der Waals surface area (Å²) in [4.78, 5) is 23.2. The van der Waals surface area contributed by atoms with E-state index >= 15 is 0 Å². The van der Waals surface area contributed by atoms with Crippen LogP contribution in [0.3, 0.4) is 0 Å². The van der Waals surface area contributed by atoms with Gasteiger partial charge >= 0.3 is 5.97 Å². The van der Waals surface area contributed by atoms with Crippen LogP contribution < -0.4 is 11.1 Å². The highest BCUT2D eigenvalue weighted by Gasteiger charge is 2.62. The number of rotatable bonds is 7. The predicted octanol–water partition coefficient (Wildman–Crippen LogP) is 0.588. The Kier molecular flexibility index (Phi) is 5.53. The van der Waals surface area contributed by atoms with Gasteiger partial charge in [0.2, 0.25) is 5.91 Å². The summed E-state index contributed by atoms with van der Waals surface area (Å²) in [5.41, 5.74) is 4.93. The molecule has 1 saturated carbocycles. The number of hydrogen-bond donors (Lipinski definition) is 2. The summed E-state index contributed by atoms with van der Waals surface area (Å²) < 4.78 is 10.1. The summed E-state index contributed by atoms with van der Waals surface area (Å²) in [5.74, 6) is -0.453. The Morgan fingerprint density at radius 2 is 2.05 bits per heavy atom. The Morgan fingerprint density at radius 3 is 2.55 bits per heavy atom. The van der Waals surface area contributed by atoms with Crippen LogP contribution in [-0.4, -0.2) is 43.8 Å². The normalized spacial score (nSPS) is 27.6. The number of esters is 1. The molecule has 2 unspecified atom stereocenters. The number of nitrogens with one attached hydrogen (secondary N) is 1. The molecule has 116 valence electrons. The molecule has 1 amide bonds. The van der Waals surface area contributed by atoms with E-state index < -0.39 is 11.0 Å². The fourth-order valence-corrected chi connectivity index (χ4v) is 2.52.